The molecule has 3 aliphatic rings. The maximum Gasteiger partial charge on any atom is 0.256 e. The van der Waals surface area contributed by atoms with Crippen molar-refractivity contribution in [2.45, 2.75) is 70.0 Å². The van der Waals surface area contributed by atoms with Crippen molar-refractivity contribution in [3.8, 4) is 0 Å². The molecule has 2 saturated heterocycles. The number of pyridine rings is 1. The molecule has 29 heavy (non-hydrogen) atoms. The second-order valence-electron chi connectivity index (χ2n) is 8.93. The van der Waals surface area contributed by atoms with Crippen LogP contribution in [0.5, 0.6) is 0 Å². The van der Waals surface area contributed by atoms with Crippen molar-refractivity contribution in [1.29, 1.82) is 0 Å². The molecule has 158 valence electrons. The zero-order chi connectivity index (χ0) is 20.4. The molecule has 6 heteroatoms. The first-order valence-electron chi connectivity index (χ1n) is 11.3. The number of hydrogen-bond acceptors (Lipinski definition) is 4. The monoisotopic (exact) mass is 398 g/mol. The Bertz CT molecular complexity index is 717. The second-order valence-corrected chi connectivity index (χ2v) is 8.93. The summed E-state index contributed by atoms with van der Waals surface area (Å²) in [6.45, 7) is 5.36. The van der Waals surface area contributed by atoms with E-state index in [0.717, 1.165) is 58.2 Å². The number of likely N-dealkylation sites (tertiary alicyclic amines) is 2. The lowest BCUT2D eigenvalue weighted by Gasteiger charge is -2.39. The third-order valence-electron chi connectivity index (χ3n) is 7.42. The highest BCUT2D eigenvalue weighted by molar-refractivity contribution is 5.98. The fourth-order valence-electron chi connectivity index (χ4n) is 5.65. The molecule has 1 saturated carbocycles. The Balaban J connectivity index is 1.53. The Morgan fingerprint density at radius 1 is 1.17 bits per heavy atom. The second kappa shape index (κ2) is 8.82. The fourth-order valence-corrected chi connectivity index (χ4v) is 5.65. The highest BCUT2D eigenvalue weighted by Gasteiger charge is 2.48. The molecule has 6 nitrogen and oxygen atoms in total. The highest BCUT2D eigenvalue weighted by atomic mass is 16.2. The van der Waals surface area contributed by atoms with Gasteiger partial charge in [0.05, 0.1) is 5.56 Å². The van der Waals surface area contributed by atoms with Crippen LogP contribution in [-0.4, -0.2) is 76.3 Å². The fraction of sp³-hybridized carbons (Fsp3) is 0.696. The Morgan fingerprint density at radius 3 is 2.62 bits per heavy atom. The summed E-state index contributed by atoms with van der Waals surface area (Å²) in [5.74, 6) is 0.556. The average molecular weight is 399 g/mol. The molecule has 3 unspecified atom stereocenters. The van der Waals surface area contributed by atoms with Crippen molar-refractivity contribution >= 4 is 11.8 Å². The Morgan fingerprint density at radius 2 is 1.93 bits per heavy atom. The summed E-state index contributed by atoms with van der Waals surface area (Å²) in [5.41, 5.74) is 0.593. The topological polar surface area (TPSA) is 56.8 Å². The SMILES string of the molecule is CCN1CCC(N(C)C(=O)C2CC3CCCCC3N2C(=O)c2cccnc2)CC1. The molecular weight excluding hydrogens is 364 g/mol. The van der Waals surface area contributed by atoms with Crippen molar-refractivity contribution in [3.05, 3.63) is 30.1 Å². The van der Waals surface area contributed by atoms with E-state index >= 15 is 0 Å². The van der Waals surface area contributed by atoms with Gasteiger partial charge in [-0.3, -0.25) is 14.6 Å². The summed E-state index contributed by atoms with van der Waals surface area (Å²) in [5, 5.41) is 0. The summed E-state index contributed by atoms with van der Waals surface area (Å²) in [4.78, 5) is 37.5. The molecule has 0 radical (unpaired) electrons. The van der Waals surface area contributed by atoms with Crippen molar-refractivity contribution in [2.24, 2.45) is 5.92 Å². The van der Waals surface area contributed by atoms with Gasteiger partial charge in [0.15, 0.2) is 0 Å². The van der Waals surface area contributed by atoms with Gasteiger partial charge in [-0.15, -0.1) is 0 Å². The van der Waals surface area contributed by atoms with Crippen LogP contribution in [-0.2, 0) is 4.79 Å². The van der Waals surface area contributed by atoms with Gasteiger partial charge >= 0.3 is 0 Å². The summed E-state index contributed by atoms with van der Waals surface area (Å²) in [7, 11) is 1.95. The van der Waals surface area contributed by atoms with Gasteiger partial charge in [0.1, 0.15) is 6.04 Å². The van der Waals surface area contributed by atoms with E-state index in [-0.39, 0.29) is 29.9 Å². The first-order valence-corrected chi connectivity index (χ1v) is 11.3. The van der Waals surface area contributed by atoms with Gasteiger partial charge in [0.2, 0.25) is 5.91 Å². The van der Waals surface area contributed by atoms with E-state index in [1.54, 1.807) is 18.5 Å². The van der Waals surface area contributed by atoms with Crippen LogP contribution >= 0.6 is 0 Å². The third-order valence-corrected chi connectivity index (χ3v) is 7.42. The molecule has 2 amide bonds. The van der Waals surface area contributed by atoms with Crippen LogP contribution in [0.15, 0.2) is 24.5 Å². The molecule has 3 fully saturated rings. The Hall–Kier alpha value is -1.95. The number of rotatable bonds is 4. The minimum Gasteiger partial charge on any atom is -0.341 e. The van der Waals surface area contributed by atoms with Gasteiger partial charge in [-0.25, -0.2) is 0 Å². The van der Waals surface area contributed by atoms with E-state index in [0.29, 0.717) is 11.5 Å². The van der Waals surface area contributed by atoms with Crippen molar-refractivity contribution < 1.29 is 9.59 Å². The average Bonchev–Trinajstić information content (AvgIpc) is 3.17. The molecule has 1 aromatic heterocycles. The lowest BCUT2D eigenvalue weighted by atomic mass is 9.84. The summed E-state index contributed by atoms with van der Waals surface area (Å²) in [6.07, 6.45) is 10.7. The lowest BCUT2D eigenvalue weighted by Crippen LogP contribution is -2.53. The molecular formula is C23H34N4O2. The Kier molecular flexibility index (Phi) is 6.18. The van der Waals surface area contributed by atoms with Crippen molar-refractivity contribution in [2.75, 3.05) is 26.7 Å². The number of nitrogens with zero attached hydrogens (tertiary/aromatic N) is 4. The summed E-state index contributed by atoms with van der Waals surface area (Å²) < 4.78 is 0. The van der Waals surface area contributed by atoms with Crippen LogP contribution in [0.1, 0.15) is 62.2 Å². The molecule has 1 aromatic rings. The van der Waals surface area contributed by atoms with Crippen molar-refractivity contribution in [3.63, 3.8) is 0 Å². The maximum atomic E-state index is 13.6. The lowest BCUT2D eigenvalue weighted by molar-refractivity contribution is -0.137. The van der Waals surface area contributed by atoms with Crippen LogP contribution in [0, 0.1) is 5.92 Å². The number of aromatic nitrogens is 1. The van der Waals surface area contributed by atoms with Gasteiger partial charge < -0.3 is 14.7 Å². The van der Waals surface area contributed by atoms with Crippen molar-refractivity contribution in [1.82, 2.24) is 19.7 Å². The smallest absolute Gasteiger partial charge is 0.256 e. The molecule has 0 N–H and O–H groups in total. The highest BCUT2D eigenvalue weighted by Crippen LogP contribution is 2.41. The molecule has 0 aromatic carbocycles. The normalized spacial score (nSPS) is 28.2. The Labute approximate surface area is 174 Å². The minimum atomic E-state index is -0.329. The quantitative estimate of drug-likeness (QED) is 0.783. The largest absolute Gasteiger partial charge is 0.341 e. The van der Waals surface area contributed by atoms with Gasteiger partial charge in [0, 0.05) is 44.6 Å². The molecule has 4 rings (SSSR count). The van der Waals surface area contributed by atoms with E-state index in [1.165, 1.54) is 6.42 Å². The van der Waals surface area contributed by atoms with Crippen LogP contribution < -0.4 is 0 Å². The summed E-state index contributed by atoms with van der Waals surface area (Å²) in [6, 6.07) is 3.76. The van der Waals surface area contributed by atoms with E-state index in [4.69, 9.17) is 0 Å². The number of amides is 2. The predicted molar refractivity (Wildman–Crippen MR) is 112 cm³/mol. The first-order chi connectivity index (χ1) is 14.1. The molecule has 0 bridgehead atoms. The van der Waals surface area contributed by atoms with E-state index < -0.39 is 0 Å². The number of likely N-dealkylation sites (N-methyl/N-ethyl adjacent to an activating group) is 1. The number of fused-ring (bicyclic) bond motifs is 1. The molecule has 1 aliphatic carbocycles. The molecule has 3 atom stereocenters. The van der Waals surface area contributed by atoms with Crippen LogP contribution in [0.4, 0.5) is 0 Å². The van der Waals surface area contributed by atoms with Gasteiger partial charge in [-0.1, -0.05) is 19.8 Å². The number of carbonyl (C=O) groups is 2. The van der Waals surface area contributed by atoms with Gasteiger partial charge in [0.25, 0.3) is 5.91 Å². The zero-order valence-corrected chi connectivity index (χ0v) is 17.8. The molecule has 2 aliphatic heterocycles. The van der Waals surface area contributed by atoms with Gasteiger partial charge in [-0.2, -0.15) is 0 Å². The van der Waals surface area contributed by atoms with Crippen LogP contribution in [0.3, 0.4) is 0 Å². The number of piperidine rings is 1. The van der Waals surface area contributed by atoms with E-state index in [9.17, 15) is 9.59 Å². The predicted octanol–water partition coefficient (Wildman–Crippen LogP) is 2.80. The first kappa shape index (κ1) is 20.3. The molecule has 0 spiro atoms. The number of carbonyl (C=O) groups excluding carboxylic acids is 2. The summed E-state index contributed by atoms with van der Waals surface area (Å²) >= 11 is 0. The molecule has 3 heterocycles. The standard InChI is InChI=1S/C23H34N4O2/c1-3-26-13-10-19(11-14-26)25(2)23(29)21-15-17-7-4-5-9-20(17)27(21)22(28)18-8-6-12-24-16-18/h6,8,12,16-17,19-21H,3-5,7,9-11,13-15H2,1-2H3. The van der Waals surface area contributed by atoms with Crippen LogP contribution in [0.2, 0.25) is 0 Å². The number of hydrogen-bond donors (Lipinski definition) is 0. The zero-order valence-electron chi connectivity index (χ0n) is 17.8. The van der Waals surface area contributed by atoms with Gasteiger partial charge in [-0.05, 0) is 56.7 Å². The van der Waals surface area contributed by atoms with Crippen LogP contribution in [0.25, 0.3) is 0 Å². The van der Waals surface area contributed by atoms with E-state index in [2.05, 4.69) is 16.8 Å². The maximum absolute atomic E-state index is 13.6. The van der Waals surface area contributed by atoms with E-state index in [1.807, 2.05) is 22.9 Å². The minimum absolute atomic E-state index is 0.0277. The third kappa shape index (κ3) is 4.04.